The van der Waals surface area contributed by atoms with E-state index in [1.54, 1.807) is 0 Å². The second kappa shape index (κ2) is 33.7. The molecule has 635 valence electrons. The summed E-state index contributed by atoms with van der Waals surface area (Å²) >= 11 is 13.4. The third-order valence-electron chi connectivity index (χ3n) is 30.5. The van der Waals surface area contributed by atoms with Crippen LogP contribution >= 0.6 is 23.2 Å². The molecular formula is C93H115BCl2N8NaO15. The van der Waals surface area contributed by atoms with Gasteiger partial charge in [-0.3, -0.25) is 29.2 Å². The van der Waals surface area contributed by atoms with Crippen molar-refractivity contribution < 1.29 is 102 Å². The predicted octanol–water partition coefficient (Wildman–Crippen LogP) is 8.29. The van der Waals surface area contributed by atoms with Crippen LogP contribution in [0.4, 0.5) is 11.4 Å². The fourth-order valence-electron chi connectivity index (χ4n) is 26.6. The molecule has 2 saturated carbocycles. The Morgan fingerprint density at radius 2 is 1.02 bits per heavy atom. The van der Waals surface area contributed by atoms with Gasteiger partial charge in [0.1, 0.15) is 0 Å². The topological polar surface area (TPSA) is 285 Å². The average molecular weight is 1690 g/mol. The number of ether oxygens (including phenoxy) is 4. The van der Waals surface area contributed by atoms with Crippen LogP contribution in [0.15, 0.2) is 96.6 Å². The van der Waals surface area contributed by atoms with Crippen molar-refractivity contribution in [3.8, 4) is 0 Å². The van der Waals surface area contributed by atoms with Crippen LogP contribution in [0.25, 0.3) is 21.8 Å². The molecule has 6 aromatic rings. The molecule has 3 saturated heterocycles. The number of fused-ring (bicyclic) bond motifs is 12. The van der Waals surface area contributed by atoms with Gasteiger partial charge in [-0.1, -0.05) is 99.0 Å². The Bertz CT molecular complexity index is 5190. The maximum atomic E-state index is 14.3. The monoisotopic (exact) mass is 1690 g/mol. The standard InChI is InChI=1S/C45H57ClN4O6.C45H55ClN4O5.2CO2.CH3.B.Na/c1-8-42(53)23-28-22-41(5,36-30(13-17-49(24-28)25-42)31-20-29(46)11-12-34(31)47-36)32-21-33-35(19-26(32)3)48(6)38-44(33)15-18-50-16-10-14-43(9-2,37(44)50)39(56-27(4)51)45(38,54)40(52)55-7;1-8-28-20-29-23-42(5,37-31(13-17-49(24-28)25-29)32-21-30(46)11-12-35(32)47-37)33-22-34-36(19-26(33)3)48(6)39-44(34)15-18-50-16-10-14-43(9-2,38(44)50)40(55-27(4)51)45(39,53)41(52)54-7;2*2-1-3;;;/h10-12,14,19-21,28,37-39,47,53-54H,8-9,13,15-18,22-25H2,1-7H3;10-12,14,19-22,29,38-40,47,53H,8-9,13,15-18,23-25H2,1-7H3;;;1H3;;/q;;;;-1;;+1/t28-,37+,38?,39-,41-,42+,43-,44-,45+;29-,38-,39?,40+,42+,43+,44+,45-;;;;;/m10...../s1. The minimum absolute atomic E-state index is 0. The number of carbonyl (C=O) groups excluding carboxylic acids is 8. The van der Waals surface area contributed by atoms with Crippen LogP contribution in [0.2, 0.25) is 10.0 Å². The van der Waals surface area contributed by atoms with E-state index in [-0.39, 0.29) is 75.7 Å². The third kappa shape index (κ3) is 13.6. The van der Waals surface area contributed by atoms with Crippen molar-refractivity contribution in [1.82, 2.24) is 29.6 Å². The van der Waals surface area contributed by atoms with Crippen molar-refractivity contribution in [1.29, 1.82) is 0 Å². The molecule has 5 N–H and O–H groups in total. The Morgan fingerprint density at radius 3 is 1.43 bits per heavy atom. The molecule has 4 unspecified atom stereocenters. The smallest absolute Gasteiger partial charge is 0.467 e. The van der Waals surface area contributed by atoms with Crippen LogP contribution in [0, 0.1) is 43.9 Å². The second-order valence-corrected chi connectivity index (χ2v) is 37.1. The largest absolute Gasteiger partial charge is 1.00 e. The van der Waals surface area contributed by atoms with Crippen LogP contribution in [-0.4, -0.2) is 236 Å². The zero-order valence-electron chi connectivity index (χ0n) is 72.4. The van der Waals surface area contributed by atoms with Crippen LogP contribution in [0.3, 0.4) is 0 Å². The van der Waals surface area contributed by atoms with Gasteiger partial charge in [0.2, 0.25) is 11.2 Å². The molecule has 2 aliphatic carbocycles. The van der Waals surface area contributed by atoms with Gasteiger partial charge in [-0.25, -0.2) is 9.59 Å². The molecule has 5 fully saturated rings. The van der Waals surface area contributed by atoms with Crippen molar-refractivity contribution >= 4 is 101 Å². The normalized spacial score (nSPS) is 34.7. The molecule has 10 aliphatic heterocycles. The van der Waals surface area contributed by atoms with Gasteiger partial charge in [-0.2, -0.15) is 19.2 Å². The molecule has 23 nitrogen and oxygen atoms in total. The van der Waals surface area contributed by atoms with Gasteiger partial charge in [0.05, 0.1) is 31.9 Å². The maximum Gasteiger partial charge on any atom is 1.00 e. The number of hydrogen-bond donors (Lipinski definition) is 5. The van der Waals surface area contributed by atoms with Gasteiger partial charge < -0.3 is 61.5 Å². The number of likely N-dealkylation sites (N-methyl/N-ethyl adjacent to an activating group) is 2. The summed E-state index contributed by atoms with van der Waals surface area (Å²) in [4.78, 5) is 109. The molecule has 27 heteroatoms. The van der Waals surface area contributed by atoms with E-state index in [9.17, 15) is 34.5 Å². The molecule has 18 rings (SSSR count). The van der Waals surface area contributed by atoms with Gasteiger partial charge in [-0.15, -0.1) is 0 Å². The zero-order chi connectivity index (χ0) is 84.0. The first-order chi connectivity index (χ1) is 55.7. The van der Waals surface area contributed by atoms with Crippen molar-refractivity contribution in [3.05, 3.63) is 170 Å². The predicted molar refractivity (Wildman–Crippen MR) is 455 cm³/mol. The van der Waals surface area contributed by atoms with Crippen LogP contribution in [0.5, 0.6) is 0 Å². The minimum atomic E-state index is -2.17. The first-order valence-electron chi connectivity index (χ1n) is 41.7. The van der Waals surface area contributed by atoms with Gasteiger partial charge in [0, 0.05) is 188 Å². The fraction of sp³-hybridized carbons (Fsp3) is 0.559. The Morgan fingerprint density at radius 1 is 0.583 bits per heavy atom. The fourth-order valence-corrected chi connectivity index (χ4v) is 26.9. The number of nitrogens with one attached hydrogen (secondary N) is 2. The van der Waals surface area contributed by atoms with E-state index in [4.69, 9.17) is 61.3 Å². The van der Waals surface area contributed by atoms with E-state index in [0.29, 0.717) is 43.2 Å². The Kier molecular flexibility index (Phi) is 25.8. The number of rotatable bonds is 10. The summed E-state index contributed by atoms with van der Waals surface area (Å²) in [5.74, 6) is -2.04. The summed E-state index contributed by atoms with van der Waals surface area (Å²) in [6.45, 7) is 29.0. The van der Waals surface area contributed by atoms with Crippen LogP contribution < -0.4 is 39.4 Å². The summed E-state index contributed by atoms with van der Waals surface area (Å²) in [5.41, 5.74) is 8.62. The maximum absolute atomic E-state index is 14.3. The van der Waals surface area contributed by atoms with E-state index < -0.39 is 97.5 Å². The zero-order valence-corrected chi connectivity index (χ0v) is 75.9. The molecule has 2 aromatic heterocycles. The van der Waals surface area contributed by atoms with E-state index in [1.165, 1.54) is 72.7 Å². The van der Waals surface area contributed by atoms with Crippen molar-refractivity contribution in [2.24, 2.45) is 22.7 Å². The number of esters is 4. The number of aryl methyl sites for hydroxylation is 2. The SMILES string of the molecule is CCC1=C[C@@H]2CN(CCc3c([nH]c4ccc(Cl)cc34)[C@@](C)(c3cc4c(cc3C)N(C)C3[C@]45CCN4CC=C[C@@](CC)([C@@H](OC(C)=O)[C@]3(O)C(=O)OC)[C@H]45)C2)C1.CC[C@]1(O)C[C@@H]2CN(CCc3c([nH]c4ccc(Cl)cc34)[C@@](C)(c3cc4c(cc3C)N(C)C3[C@]45CCN4CC=C[C@@](CC)([C@@H](OC(C)=O)[C@]3(O)C(=O)OC)[C@H]45)C2)C1.O=C=O.O=C=O.[B].[CH3-].[Na+]. The third-order valence-corrected chi connectivity index (χ3v) is 30.9. The van der Waals surface area contributed by atoms with E-state index in [1.807, 2.05) is 26.2 Å². The number of piperidine rings is 1. The van der Waals surface area contributed by atoms with Crippen LogP contribution in [0.1, 0.15) is 169 Å². The number of nitrogens with zero attached hydrogens (tertiary/aromatic N) is 6. The molecule has 12 aliphatic rings. The molecule has 12 heterocycles. The number of aromatic nitrogens is 2. The summed E-state index contributed by atoms with van der Waals surface area (Å²) in [7, 11) is 6.59. The number of carbonyl (C=O) groups is 4. The second-order valence-electron chi connectivity index (χ2n) is 36.3. The summed E-state index contributed by atoms with van der Waals surface area (Å²) < 4.78 is 23.3. The Labute approximate surface area is 738 Å². The Hall–Kier alpha value is -7.22. The average Bonchev–Trinajstić information content (AvgIpc) is 1.47. The summed E-state index contributed by atoms with van der Waals surface area (Å²) in [6, 6.07) is 20.0. The number of aromatic amines is 2. The molecule has 3 radical (unpaired) electrons. The first-order valence-corrected chi connectivity index (χ1v) is 42.5. The number of hydrogen-bond acceptors (Lipinski definition) is 21. The van der Waals surface area contributed by atoms with Gasteiger partial charge >= 0.3 is 65.7 Å². The molecular weight excluding hydrogens is 1570 g/mol. The number of benzene rings is 4. The van der Waals surface area contributed by atoms with Gasteiger partial charge in [-0.05, 0) is 216 Å². The van der Waals surface area contributed by atoms with E-state index >= 15 is 0 Å². The van der Waals surface area contributed by atoms with E-state index in [2.05, 4.69) is 174 Å². The number of methoxy groups -OCH3 is 2. The minimum Gasteiger partial charge on any atom is -0.467 e. The summed E-state index contributed by atoms with van der Waals surface area (Å²) in [5, 5.41) is 42.2. The molecule has 120 heavy (non-hydrogen) atoms. The molecule has 0 amide bonds. The van der Waals surface area contributed by atoms with Gasteiger partial charge in [0.25, 0.3) is 0 Å². The number of anilines is 2. The molecule has 19 atom stereocenters. The number of H-pyrrole nitrogens is 2. The Balaban J connectivity index is 0.000000202. The molecule has 4 aromatic carbocycles. The van der Waals surface area contributed by atoms with Crippen molar-refractivity contribution in [2.45, 2.75) is 215 Å². The molecule has 4 bridgehead atoms. The summed E-state index contributed by atoms with van der Waals surface area (Å²) in [6.07, 6.45) is 17.8. The number of halogens is 2. The van der Waals surface area contributed by atoms with Crippen molar-refractivity contribution in [3.63, 3.8) is 0 Å². The number of aliphatic hydroxyl groups is 3. The van der Waals surface area contributed by atoms with Gasteiger partial charge in [0.15, 0.2) is 12.2 Å². The molecule has 2 spiro atoms. The van der Waals surface area contributed by atoms with E-state index in [0.717, 1.165) is 159 Å². The quantitative estimate of drug-likeness (QED) is 0.0283. The first kappa shape index (κ1) is 92.0. The van der Waals surface area contributed by atoms with Crippen molar-refractivity contribution in [2.75, 3.05) is 104 Å². The van der Waals surface area contributed by atoms with Crippen LogP contribution in [-0.2, 0) is 91.8 Å².